The molecular formula is C17H26O10. The molecule has 0 rings (SSSR count). The molecule has 10 nitrogen and oxygen atoms in total. The molecule has 0 aromatic rings. The molecule has 27 heavy (non-hydrogen) atoms. The maximum absolute atomic E-state index is 11.8. The van der Waals surface area contributed by atoms with E-state index in [0.29, 0.717) is 0 Å². The van der Waals surface area contributed by atoms with Crippen LogP contribution in [0.25, 0.3) is 0 Å². The summed E-state index contributed by atoms with van der Waals surface area (Å²) in [6.07, 6.45) is 3.70. The summed E-state index contributed by atoms with van der Waals surface area (Å²) in [7, 11) is 0. The topological polar surface area (TPSA) is 111 Å². The van der Waals surface area contributed by atoms with Crippen molar-refractivity contribution in [2.75, 3.05) is 39.6 Å². The highest BCUT2D eigenvalue weighted by atomic mass is 17.2. The Bertz CT molecular complexity index is 447. The highest BCUT2D eigenvalue weighted by Gasteiger charge is 2.36. The van der Waals surface area contributed by atoms with Crippen molar-refractivity contribution < 1.29 is 49.0 Å². The second-order valence-electron chi connectivity index (χ2n) is 5.16. The van der Waals surface area contributed by atoms with E-state index in [1.165, 1.54) is 12.2 Å². The number of rotatable bonds is 19. The van der Waals surface area contributed by atoms with E-state index in [-0.39, 0.29) is 51.8 Å². The summed E-state index contributed by atoms with van der Waals surface area (Å²) in [5.41, 5.74) is -1.07. The predicted octanol–water partition coefficient (Wildman–Crippen LogP) is 2.27. The molecule has 10 heteroatoms. The molecule has 0 saturated carbocycles. The number of carbonyl (C=O) groups is 1. The third-order valence-corrected chi connectivity index (χ3v) is 2.78. The Morgan fingerprint density at radius 3 is 1.93 bits per heavy atom. The monoisotopic (exact) mass is 390 g/mol. The second kappa shape index (κ2) is 16.0. The van der Waals surface area contributed by atoms with Crippen molar-refractivity contribution in [3.05, 3.63) is 50.5 Å². The van der Waals surface area contributed by atoms with Crippen molar-refractivity contribution in [1.29, 1.82) is 0 Å². The first-order valence-corrected chi connectivity index (χ1v) is 7.78. The Morgan fingerprint density at radius 1 is 0.889 bits per heavy atom. The smallest absolute Gasteiger partial charge is 0.313 e. The first kappa shape index (κ1) is 24.8. The lowest BCUT2D eigenvalue weighted by molar-refractivity contribution is -0.358. The lowest BCUT2D eigenvalue weighted by atomic mass is 9.92. The first-order chi connectivity index (χ1) is 13.0. The molecule has 0 atom stereocenters. The predicted molar refractivity (Wildman–Crippen MR) is 92.3 cm³/mol. The Morgan fingerprint density at radius 2 is 1.44 bits per heavy atom. The molecule has 0 amide bonds. The molecule has 0 saturated heterocycles. The number of hydrogen-bond donors (Lipinski definition) is 1. The highest BCUT2D eigenvalue weighted by Crippen LogP contribution is 2.22. The molecule has 0 radical (unpaired) electrons. The van der Waals surface area contributed by atoms with Crippen LogP contribution in [0, 0.1) is 5.41 Å². The molecule has 0 aliphatic heterocycles. The van der Waals surface area contributed by atoms with Gasteiger partial charge in [-0.25, -0.2) is 24.8 Å². The Balaban J connectivity index is 4.97. The minimum absolute atomic E-state index is 0.108. The van der Waals surface area contributed by atoms with E-state index in [1.54, 1.807) is 0 Å². The van der Waals surface area contributed by atoms with Gasteiger partial charge in [0.1, 0.15) is 44.9 Å². The van der Waals surface area contributed by atoms with E-state index < -0.39 is 11.4 Å². The van der Waals surface area contributed by atoms with Crippen LogP contribution in [0.1, 0.15) is 6.42 Å². The summed E-state index contributed by atoms with van der Waals surface area (Å²) in [5, 5.41) is 8.45. The zero-order valence-corrected chi connectivity index (χ0v) is 15.1. The molecule has 0 spiro atoms. The first-order valence-electron chi connectivity index (χ1n) is 7.78. The third kappa shape index (κ3) is 12.7. The number of esters is 1. The van der Waals surface area contributed by atoms with Crippen molar-refractivity contribution in [2.45, 2.75) is 6.42 Å². The van der Waals surface area contributed by atoms with Gasteiger partial charge >= 0.3 is 5.97 Å². The molecule has 0 aromatic carbocycles. The van der Waals surface area contributed by atoms with E-state index >= 15 is 0 Å². The number of carbonyl (C=O) groups excluding carboxylic acids is 1. The van der Waals surface area contributed by atoms with Crippen molar-refractivity contribution in [3.63, 3.8) is 0 Å². The maximum Gasteiger partial charge on any atom is 0.313 e. The van der Waals surface area contributed by atoms with Gasteiger partial charge < -0.3 is 14.5 Å². The average molecular weight is 390 g/mol. The molecule has 0 unspecified atom stereocenters. The van der Waals surface area contributed by atoms with Gasteiger partial charge in [-0.1, -0.05) is 25.3 Å². The third-order valence-electron chi connectivity index (χ3n) is 2.78. The van der Waals surface area contributed by atoms with E-state index in [9.17, 15) is 4.79 Å². The summed E-state index contributed by atoms with van der Waals surface area (Å²) >= 11 is 0. The molecule has 0 heterocycles. The summed E-state index contributed by atoms with van der Waals surface area (Å²) in [4.78, 5) is 45.3. The van der Waals surface area contributed by atoms with Crippen LogP contribution in [0.4, 0.5) is 0 Å². The fraction of sp³-hybridized carbons (Fsp3) is 0.471. The van der Waals surface area contributed by atoms with E-state index in [1.807, 2.05) is 0 Å². The van der Waals surface area contributed by atoms with Gasteiger partial charge in [0, 0.05) is 0 Å². The summed E-state index contributed by atoms with van der Waals surface area (Å²) in [6, 6.07) is 0. The van der Waals surface area contributed by atoms with Gasteiger partial charge in [0.05, 0.1) is 18.6 Å². The van der Waals surface area contributed by atoms with Gasteiger partial charge in [0.2, 0.25) is 0 Å². The zero-order valence-electron chi connectivity index (χ0n) is 15.1. The molecular weight excluding hydrogens is 364 g/mol. The second-order valence-corrected chi connectivity index (χ2v) is 5.16. The van der Waals surface area contributed by atoms with Gasteiger partial charge in [-0.05, 0) is 0 Å². The van der Waals surface area contributed by atoms with Crippen LogP contribution >= 0.6 is 0 Å². The van der Waals surface area contributed by atoms with Crippen LogP contribution in [0.5, 0.6) is 0 Å². The number of ether oxygens (including phenoxy) is 1. The molecule has 0 aliphatic rings. The molecule has 0 aliphatic carbocycles. The Kier molecular flexibility index (Phi) is 14.7. The highest BCUT2D eigenvalue weighted by molar-refractivity contribution is 5.71. The largest absolute Gasteiger partial charge is 0.464 e. The molecule has 1 N–H and O–H groups in total. The summed E-state index contributed by atoms with van der Waals surface area (Å²) in [6.45, 7) is 13.4. The minimum Gasteiger partial charge on any atom is -0.464 e. The van der Waals surface area contributed by atoms with E-state index in [4.69, 9.17) is 34.4 Å². The van der Waals surface area contributed by atoms with Crippen LogP contribution in [-0.2, 0) is 43.7 Å². The van der Waals surface area contributed by atoms with Gasteiger partial charge in [0.25, 0.3) is 0 Å². The van der Waals surface area contributed by atoms with Crippen molar-refractivity contribution in [1.82, 2.24) is 0 Å². The van der Waals surface area contributed by atoms with Gasteiger partial charge in [0.15, 0.2) is 0 Å². The van der Waals surface area contributed by atoms with Crippen LogP contribution in [0.3, 0.4) is 0 Å². The lowest BCUT2D eigenvalue weighted by Crippen LogP contribution is -2.42. The maximum atomic E-state index is 11.8. The average Bonchev–Trinajstić information content (AvgIpc) is 2.67. The lowest BCUT2D eigenvalue weighted by Gasteiger charge is -2.30. The van der Waals surface area contributed by atoms with Crippen molar-refractivity contribution >= 4 is 5.97 Å². The Hall–Kier alpha value is -2.21. The van der Waals surface area contributed by atoms with Crippen molar-refractivity contribution in [3.8, 4) is 0 Å². The van der Waals surface area contributed by atoms with Crippen LogP contribution in [0.2, 0.25) is 0 Å². The number of hydrogen-bond acceptors (Lipinski definition) is 10. The standard InChI is InChI=1S/C17H26O10/c1-5-8-22-25-13-17(12-24-21-7-3,14-26-23-9-6-2)11-20-16(18)10-15(4)27-19/h5-7,19H,1-4,8-14H2. The van der Waals surface area contributed by atoms with Gasteiger partial charge in [-0.15, -0.1) is 13.2 Å². The molecule has 0 aromatic heterocycles. The quantitative estimate of drug-likeness (QED) is 0.0880. The minimum atomic E-state index is -1.07. The van der Waals surface area contributed by atoms with Crippen LogP contribution in [-0.4, -0.2) is 50.9 Å². The fourth-order valence-electron chi connectivity index (χ4n) is 1.46. The van der Waals surface area contributed by atoms with Crippen molar-refractivity contribution in [2.24, 2.45) is 5.41 Å². The summed E-state index contributed by atoms with van der Waals surface area (Å²) in [5.74, 6) is -0.880. The molecule has 154 valence electrons. The zero-order chi connectivity index (χ0) is 20.4. The van der Waals surface area contributed by atoms with Gasteiger partial charge in [-0.3, -0.25) is 4.79 Å². The van der Waals surface area contributed by atoms with Crippen LogP contribution in [0.15, 0.2) is 50.5 Å². The van der Waals surface area contributed by atoms with E-state index in [0.717, 1.165) is 6.26 Å². The van der Waals surface area contributed by atoms with Gasteiger partial charge in [-0.2, -0.15) is 4.89 Å². The molecule has 0 bridgehead atoms. The summed E-state index contributed by atoms with van der Waals surface area (Å²) < 4.78 is 5.16. The Labute approximate surface area is 157 Å². The molecule has 0 fully saturated rings. The SMILES string of the molecule is C=CCOOCC(COOC=C)(COOCC=C)COC(=O)CC(=C)OO. The fourth-order valence-corrected chi connectivity index (χ4v) is 1.46. The van der Waals surface area contributed by atoms with E-state index in [2.05, 4.69) is 36.1 Å². The van der Waals surface area contributed by atoms with Crippen LogP contribution < -0.4 is 0 Å². The normalized spacial score (nSPS) is 10.7.